The summed E-state index contributed by atoms with van der Waals surface area (Å²) in [6.07, 6.45) is 2.09. The molecule has 1 amide bonds. The van der Waals surface area contributed by atoms with Crippen LogP contribution in [0.1, 0.15) is 24.0 Å². The van der Waals surface area contributed by atoms with E-state index in [1.165, 1.54) is 4.31 Å². The first kappa shape index (κ1) is 20.8. The van der Waals surface area contributed by atoms with Crippen molar-refractivity contribution in [3.63, 3.8) is 0 Å². The normalized spacial score (nSPS) is 18.0. The van der Waals surface area contributed by atoms with Gasteiger partial charge in [-0.2, -0.15) is 4.31 Å². The van der Waals surface area contributed by atoms with E-state index in [0.717, 1.165) is 11.1 Å². The summed E-state index contributed by atoms with van der Waals surface area (Å²) < 4.78 is 27.2. The molecule has 0 spiro atoms. The van der Waals surface area contributed by atoms with Gasteiger partial charge in [0.25, 0.3) is 0 Å². The number of amides is 1. The third-order valence-electron chi connectivity index (χ3n) is 5.04. The molecule has 1 aliphatic rings. The second kappa shape index (κ2) is 9.07. The average Bonchev–Trinajstić information content (AvgIpc) is 2.70. The van der Waals surface area contributed by atoms with Crippen LogP contribution in [-0.4, -0.2) is 38.3 Å². The fourth-order valence-corrected chi connectivity index (χ4v) is 5.01. The quantitative estimate of drug-likeness (QED) is 0.778. The topological polar surface area (TPSA) is 66.5 Å². The first-order valence-electron chi connectivity index (χ1n) is 9.45. The Kier molecular flexibility index (Phi) is 6.75. The lowest BCUT2D eigenvalue weighted by Crippen LogP contribution is -2.45. The number of hydrogen-bond donors (Lipinski definition) is 1. The Labute approximate surface area is 171 Å². The van der Waals surface area contributed by atoms with Crippen molar-refractivity contribution in [3.8, 4) is 0 Å². The monoisotopic (exact) mass is 420 g/mol. The van der Waals surface area contributed by atoms with Crippen molar-refractivity contribution in [2.45, 2.75) is 31.1 Å². The van der Waals surface area contributed by atoms with E-state index in [0.29, 0.717) is 37.4 Å². The molecule has 2 aromatic rings. The number of carbonyl (C=O) groups excluding carboxylic acids is 1. The van der Waals surface area contributed by atoms with Crippen LogP contribution in [0.15, 0.2) is 53.4 Å². The van der Waals surface area contributed by atoms with E-state index in [1.807, 2.05) is 31.2 Å². The van der Waals surface area contributed by atoms with E-state index >= 15 is 0 Å². The lowest BCUT2D eigenvalue weighted by Gasteiger charge is -2.31. The molecule has 0 aliphatic carbocycles. The number of nitrogens with one attached hydrogen (secondary N) is 1. The largest absolute Gasteiger partial charge is 0.355 e. The third kappa shape index (κ3) is 5.13. The number of rotatable bonds is 6. The highest BCUT2D eigenvalue weighted by atomic mass is 35.5. The van der Waals surface area contributed by atoms with E-state index < -0.39 is 10.0 Å². The van der Waals surface area contributed by atoms with Crippen LogP contribution in [0.5, 0.6) is 0 Å². The number of carbonyl (C=O) groups is 1. The van der Waals surface area contributed by atoms with Crippen LogP contribution in [0.25, 0.3) is 0 Å². The van der Waals surface area contributed by atoms with Gasteiger partial charge in [0.1, 0.15) is 0 Å². The zero-order valence-corrected chi connectivity index (χ0v) is 17.5. The molecule has 5 nitrogen and oxygen atoms in total. The Balaban J connectivity index is 1.57. The van der Waals surface area contributed by atoms with Gasteiger partial charge in [0.05, 0.1) is 10.8 Å². The molecule has 1 fully saturated rings. The summed E-state index contributed by atoms with van der Waals surface area (Å²) in [6, 6.07) is 14.4. The molecule has 0 aromatic heterocycles. The highest BCUT2D eigenvalue weighted by Crippen LogP contribution is 2.24. The molecular formula is C21H25ClN2O3S. The first-order valence-corrected chi connectivity index (χ1v) is 11.3. The Hall–Kier alpha value is -1.89. The third-order valence-corrected chi connectivity index (χ3v) is 7.17. The van der Waals surface area contributed by atoms with Crippen molar-refractivity contribution >= 4 is 27.5 Å². The number of sulfonamides is 1. The van der Waals surface area contributed by atoms with Gasteiger partial charge < -0.3 is 5.32 Å². The second-order valence-electron chi connectivity index (χ2n) is 7.18. The molecule has 1 aliphatic heterocycles. The molecule has 150 valence electrons. The molecule has 0 radical (unpaired) electrons. The van der Waals surface area contributed by atoms with Gasteiger partial charge in [0, 0.05) is 24.7 Å². The molecule has 1 N–H and O–H groups in total. The van der Waals surface area contributed by atoms with Crippen molar-refractivity contribution < 1.29 is 13.2 Å². The van der Waals surface area contributed by atoms with Crippen molar-refractivity contribution in [1.82, 2.24) is 9.62 Å². The van der Waals surface area contributed by atoms with Crippen LogP contribution in [0.2, 0.25) is 5.02 Å². The van der Waals surface area contributed by atoms with Crippen LogP contribution in [0.3, 0.4) is 0 Å². The first-order chi connectivity index (χ1) is 13.4. The van der Waals surface area contributed by atoms with Crippen LogP contribution >= 0.6 is 11.6 Å². The summed E-state index contributed by atoms with van der Waals surface area (Å²) in [7, 11) is -3.57. The van der Waals surface area contributed by atoms with Gasteiger partial charge in [-0.3, -0.25) is 4.79 Å². The zero-order valence-electron chi connectivity index (χ0n) is 15.9. The van der Waals surface area contributed by atoms with Crippen molar-refractivity contribution in [2.24, 2.45) is 5.92 Å². The lowest BCUT2D eigenvalue weighted by molar-refractivity contribution is -0.126. The molecule has 0 bridgehead atoms. The molecule has 3 rings (SSSR count). The van der Waals surface area contributed by atoms with Crippen molar-refractivity contribution in [2.75, 3.05) is 19.6 Å². The van der Waals surface area contributed by atoms with Crippen LogP contribution in [0, 0.1) is 12.8 Å². The van der Waals surface area contributed by atoms with Gasteiger partial charge in [0.2, 0.25) is 15.9 Å². The maximum absolute atomic E-state index is 12.9. The van der Waals surface area contributed by atoms with Gasteiger partial charge in [0.15, 0.2) is 0 Å². The molecule has 0 saturated carbocycles. The Bertz CT molecular complexity index is 912. The van der Waals surface area contributed by atoms with Gasteiger partial charge in [-0.05, 0) is 56.0 Å². The summed E-state index contributed by atoms with van der Waals surface area (Å²) in [4.78, 5) is 12.8. The fraction of sp³-hybridized carbons (Fsp3) is 0.381. The molecule has 1 heterocycles. The number of nitrogens with zero attached hydrogens (tertiary/aromatic N) is 1. The summed E-state index contributed by atoms with van der Waals surface area (Å²) in [5.41, 5.74) is 2.10. The van der Waals surface area contributed by atoms with E-state index in [2.05, 4.69) is 5.32 Å². The molecule has 2 aromatic carbocycles. The van der Waals surface area contributed by atoms with Gasteiger partial charge in [-0.25, -0.2) is 8.42 Å². The predicted octanol–water partition coefficient (Wildman–Crippen LogP) is 3.41. The standard InChI is InChI=1S/C21H25ClN2O3S/c1-16-4-10-20(11-5-16)28(26,27)24-14-2-3-18(15-24)21(25)23-13-12-17-6-8-19(22)9-7-17/h4-11,18H,2-3,12-15H2,1H3,(H,23,25). The number of halogens is 1. The van der Waals surface area contributed by atoms with E-state index in [9.17, 15) is 13.2 Å². The van der Waals surface area contributed by atoms with Crippen molar-refractivity contribution in [3.05, 3.63) is 64.7 Å². The Morgan fingerprint density at radius 3 is 2.50 bits per heavy atom. The number of benzene rings is 2. The predicted molar refractivity (Wildman–Crippen MR) is 111 cm³/mol. The minimum atomic E-state index is -3.57. The van der Waals surface area contributed by atoms with Crippen molar-refractivity contribution in [1.29, 1.82) is 0 Å². The summed E-state index contributed by atoms with van der Waals surface area (Å²) >= 11 is 5.88. The lowest BCUT2D eigenvalue weighted by atomic mass is 9.99. The van der Waals surface area contributed by atoms with Gasteiger partial charge in [-0.1, -0.05) is 41.4 Å². The minimum absolute atomic E-state index is 0.0854. The maximum Gasteiger partial charge on any atom is 0.243 e. The summed E-state index contributed by atoms with van der Waals surface area (Å²) in [6.45, 7) is 3.11. The molecule has 1 atom stereocenters. The molecule has 28 heavy (non-hydrogen) atoms. The van der Waals surface area contributed by atoms with E-state index in [4.69, 9.17) is 11.6 Å². The SMILES string of the molecule is Cc1ccc(S(=O)(=O)N2CCCC(C(=O)NCCc3ccc(Cl)cc3)C2)cc1. The zero-order chi connectivity index (χ0) is 20.1. The van der Waals surface area contributed by atoms with Crippen LogP contribution < -0.4 is 5.32 Å². The molecule has 7 heteroatoms. The second-order valence-corrected chi connectivity index (χ2v) is 9.56. The molecular weight excluding hydrogens is 396 g/mol. The molecule has 1 saturated heterocycles. The number of aryl methyl sites for hydroxylation is 1. The fourth-order valence-electron chi connectivity index (χ4n) is 3.36. The minimum Gasteiger partial charge on any atom is -0.355 e. The van der Waals surface area contributed by atoms with Gasteiger partial charge >= 0.3 is 0 Å². The van der Waals surface area contributed by atoms with E-state index in [-0.39, 0.29) is 23.3 Å². The van der Waals surface area contributed by atoms with Crippen LogP contribution in [0.4, 0.5) is 0 Å². The van der Waals surface area contributed by atoms with Crippen LogP contribution in [-0.2, 0) is 21.2 Å². The van der Waals surface area contributed by atoms with E-state index in [1.54, 1.807) is 24.3 Å². The smallest absolute Gasteiger partial charge is 0.243 e. The number of hydrogen-bond acceptors (Lipinski definition) is 3. The summed E-state index contributed by atoms with van der Waals surface area (Å²) in [5.74, 6) is -0.406. The molecule has 1 unspecified atom stereocenters. The Morgan fingerprint density at radius 1 is 1.14 bits per heavy atom. The Morgan fingerprint density at radius 2 is 1.82 bits per heavy atom. The average molecular weight is 421 g/mol. The summed E-state index contributed by atoms with van der Waals surface area (Å²) in [5, 5.41) is 3.63. The number of piperidine rings is 1. The highest BCUT2D eigenvalue weighted by Gasteiger charge is 2.33. The highest BCUT2D eigenvalue weighted by molar-refractivity contribution is 7.89. The van der Waals surface area contributed by atoms with Gasteiger partial charge in [-0.15, -0.1) is 0 Å². The maximum atomic E-state index is 12.9.